The standard InChI is InChI=1S/C9H12N2O/c1-11-4-6-7-8(10-2-3-12)9(6,7)5-11/h2-3,6-8H,4-5H2,1H3. The lowest BCUT2D eigenvalue weighted by Crippen LogP contribution is -2.16. The lowest BCUT2D eigenvalue weighted by atomic mass is 10.1. The number of carbonyl (C=O) groups is 1. The van der Waals surface area contributed by atoms with Gasteiger partial charge in [0.2, 0.25) is 0 Å². The Morgan fingerprint density at radius 1 is 1.67 bits per heavy atom. The zero-order valence-electron chi connectivity index (χ0n) is 7.10. The molecule has 0 aromatic heterocycles. The van der Waals surface area contributed by atoms with Crippen LogP contribution in [0.3, 0.4) is 0 Å². The van der Waals surface area contributed by atoms with E-state index in [0.29, 0.717) is 11.5 Å². The molecule has 12 heavy (non-hydrogen) atoms. The molecule has 4 unspecified atom stereocenters. The van der Waals surface area contributed by atoms with Crippen molar-refractivity contribution in [3.05, 3.63) is 0 Å². The van der Waals surface area contributed by atoms with E-state index >= 15 is 0 Å². The van der Waals surface area contributed by atoms with Crippen LogP contribution < -0.4 is 0 Å². The maximum Gasteiger partial charge on any atom is 0.160 e. The Hall–Kier alpha value is -0.700. The Labute approximate surface area is 71.5 Å². The summed E-state index contributed by atoms with van der Waals surface area (Å²) in [5.74, 6) is 1.75. The van der Waals surface area contributed by atoms with E-state index < -0.39 is 0 Å². The predicted molar refractivity (Wildman–Crippen MR) is 45.3 cm³/mol. The van der Waals surface area contributed by atoms with Crippen LogP contribution in [-0.2, 0) is 4.79 Å². The third-order valence-electron chi connectivity index (χ3n) is 3.78. The first-order valence-electron chi connectivity index (χ1n) is 4.46. The molecule has 3 aliphatic rings. The predicted octanol–water partition coefficient (Wildman–Crippen LogP) is -0.184. The zero-order valence-corrected chi connectivity index (χ0v) is 7.10. The normalized spacial score (nSPS) is 55.2. The second kappa shape index (κ2) is 1.79. The third kappa shape index (κ3) is 0.545. The molecule has 0 N–H and O–H groups in total. The molecule has 0 aromatic rings. The van der Waals surface area contributed by atoms with Crippen LogP contribution in [0.5, 0.6) is 0 Å². The fourth-order valence-electron chi connectivity index (χ4n) is 3.19. The summed E-state index contributed by atoms with van der Waals surface area (Å²) >= 11 is 0. The Morgan fingerprint density at radius 2 is 2.50 bits per heavy atom. The minimum Gasteiger partial charge on any atom is -0.305 e. The lowest BCUT2D eigenvalue weighted by Gasteiger charge is -2.06. The van der Waals surface area contributed by atoms with Crippen molar-refractivity contribution < 1.29 is 4.79 Å². The number of carbonyl (C=O) groups excluding carboxylic acids is 1. The molecule has 3 fully saturated rings. The second-order valence-electron chi connectivity index (χ2n) is 4.32. The molecule has 1 aliphatic heterocycles. The molecule has 1 spiro atoms. The number of hydrogen-bond acceptors (Lipinski definition) is 3. The molecule has 3 nitrogen and oxygen atoms in total. The number of hydrogen-bond donors (Lipinski definition) is 0. The van der Waals surface area contributed by atoms with E-state index in [-0.39, 0.29) is 0 Å². The quantitative estimate of drug-likeness (QED) is 0.419. The van der Waals surface area contributed by atoms with Crippen molar-refractivity contribution in [2.75, 3.05) is 20.1 Å². The van der Waals surface area contributed by atoms with Gasteiger partial charge in [0.1, 0.15) is 0 Å². The highest BCUT2D eigenvalue weighted by molar-refractivity contribution is 6.13. The van der Waals surface area contributed by atoms with E-state index in [0.717, 1.165) is 18.1 Å². The van der Waals surface area contributed by atoms with Crippen molar-refractivity contribution in [1.29, 1.82) is 0 Å². The fraction of sp³-hybridized carbons (Fsp3) is 0.778. The van der Waals surface area contributed by atoms with Crippen molar-refractivity contribution in [3.8, 4) is 0 Å². The van der Waals surface area contributed by atoms with Crippen LogP contribution in [0.25, 0.3) is 0 Å². The average Bonchev–Trinajstić information content (AvgIpc) is 2.81. The van der Waals surface area contributed by atoms with Gasteiger partial charge in [0.25, 0.3) is 0 Å². The molecule has 64 valence electrons. The monoisotopic (exact) mass is 164 g/mol. The van der Waals surface area contributed by atoms with Crippen molar-refractivity contribution in [2.45, 2.75) is 6.04 Å². The largest absolute Gasteiger partial charge is 0.305 e. The molecule has 2 saturated carbocycles. The van der Waals surface area contributed by atoms with Gasteiger partial charge in [-0.25, -0.2) is 0 Å². The molecule has 2 aliphatic carbocycles. The SMILES string of the molecule is CN1CC2C3C(N=CC=O)C23C1. The Morgan fingerprint density at radius 3 is 3.17 bits per heavy atom. The number of fused-ring (bicyclic) bond motifs is 1. The van der Waals surface area contributed by atoms with Gasteiger partial charge >= 0.3 is 0 Å². The van der Waals surface area contributed by atoms with Crippen LogP contribution in [0, 0.1) is 17.3 Å². The lowest BCUT2D eigenvalue weighted by molar-refractivity contribution is -0.102. The van der Waals surface area contributed by atoms with Crippen molar-refractivity contribution >= 4 is 12.5 Å². The first-order chi connectivity index (χ1) is 5.80. The minimum absolute atomic E-state index is 0.498. The first-order valence-corrected chi connectivity index (χ1v) is 4.46. The highest BCUT2D eigenvalue weighted by atomic mass is 16.1. The van der Waals surface area contributed by atoms with Gasteiger partial charge in [-0.15, -0.1) is 0 Å². The number of likely N-dealkylation sites (tertiary alicyclic amines) is 1. The van der Waals surface area contributed by atoms with Crippen LogP contribution in [0.1, 0.15) is 0 Å². The number of aldehydes is 1. The van der Waals surface area contributed by atoms with Gasteiger partial charge in [-0.2, -0.15) is 0 Å². The van der Waals surface area contributed by atoms with E-state index in [1.54, 1.807) is 0 Å². The van der Waals surface area contributed by atoms with Crippen LogP contribution in [-0.4, -0.2) is 43.6 Å². The molecular weight excluding hydrogens is 152 g/mol. The summed E-state index contributed by atoms with van der Waals surface area (Å²) in [6, 6.07) is 0.498. The molecule has 3 rings (SSSR count). The molecule has 0 amide bonds. The number of aliphatic imine (C=N–C) groups is 1. The van der Waals surface area contributed by atoms with E-state index in [1.165, 1.54) is 19.3 Å². The summed E-state index contributed by atoms with van der Waals surface area (Å²) < 4.78 is 0. The molecule has 4 atom stereocenters. The zero-order chi connectivity index (χ0) is 8.34. The van der Waals surface area contributed by atoms with Gasteiger partial charge in [0.15, 0.2) is 6.29 Å². The molecule has 1 saturated heterocycles. The summed E-state index contributed by atoms with van der Waals surface area (Å²) in [6.07, 6.45) is 2.20. The van der Waals surface area contributed by atoms with Crippen molar-refractivity contribution in [3.63, 3.8) is 0 Å². The highest BCUT2D eigenvalue weighted by Crippen LogP contribution is 2.83. The second-order valence-corrected chi connectivity index (χ2v) is 4.32. The molecule has 0 radical (unpaired) electrons. The Bertz CT molecular complexity index is 276. The van der Waals surface area contributed by atoms with E-state index in [9.17, 15) is 4.79 Å². The van der Waals surface area contributed by atoms with E-state index in [2.05, 4.69) is 16.9 Å². The summed E-state index contributed by atoms with van der Waals surface area (Å²) in [5, 5.41) is 0. The van der Waals surface area contributed by atoms with Crippen molar-refractivity contribution in [2.24, 2.45) is 22.2 Å². The smallest absolute Gasteiger partial charge is 0.160 e. The molecule has 0 bridgehead atoms. The third-order valence-corrected chi connectivity index (χ3v) is 3.78. The molecular formula is C9H12N2O. The summed E-state index contributed by atoms with van der Waals surface area (Å²) in [4.78, 5) is 16.7. The average molecular weight is 164 g/mol. The summed E-state index contributed by atoms with van der Waals surface area (Å²) in [7, 11) is 2.16. The number of nitrogens with zero attached hydrogens (tertiary/aromatic N) is 2. The Kier molecular flexibility index (Phi) is 1.01. The van der Waals surface area contributed by atoms with Gasteiger partial charge in [0, 0.05) is 18.5 Å². The number of piperidine rings is 1. The van der Waals surface area contributed by atoms with Crippen LogP contribution in [0.15, 0.2) is 4.99 Å². The minimum atomic E-state index is 0.498. The van der Waals surface area contributed by atoms with Gasteiger partial charge in [0.05, 0.1) is 12.3 Å². The molecule has 3 heteroatoms. The first kappa shape index (κ1) is 6.78. The van der Waals surface area contributed by atoms with Gasteiger partial charge < -0.3 is 4.90 Å². The van der Waals surface area contributed by atoms with Crippen LogP contribution in [0.2, 0.25) is 0 Å². The maximum absolute atomic E-state index is 10.1. The van der Waals surface area contributed by atoms with Gasteiger partial charge in [-0.1, -0.05) is 0 Å². The summed E-state index contributed by atoms with van der Waals surface area (Å²) in [6.45, 7) is 2.45. The highest BCUT2D eigenvalue weighted by Gasteiger charge is 2.88. The molecule has 0 aromatic carbocycles. The van der Waals surface area contributed by atoms with Crippen LogP contribution >= 0.6 is 0 Å². The van der Waals surface area contributed by atoms with E-state index in [1.807, 2.05) is 0 Å². The van der Waals surface area contributed by atoms with Gasteiger partial charge in [-0.05, 0) is 18.9 Å². The maximum atomic E-state index is 10.1. The topological polar surface area (TPSA) is 32.7 Å². The Balaban J connectivity index is 1.71. The summed E-state index contributed by atoms with van der Waals surface area (Å²) in [5.41, 5.74) is 0.536. The molecule has 1 heterocycles. The van der Waals surface area contributed by atoms with Gasteiger partial charge in [-0.3, -0.25) is 9.79 Å². The van der Waals surface area contributed by atoms with E-state index in [4.69, 9.17) is 0 Å². The number of rotatable bonds is 2. The van der Waals surface area contributed by atoms with Crippen molar-refractivity contribution in [1.82, 2.24) is 4.90 Å². The fourth-order valence-corrected chi connectivity index (χ4v) is 3.19. The van der Waals surface area contributed by atoms with Crippen LogP contribution in [0.4, 0.5) is 0 Å².